The smallest absolute Gasteiger partial charge is 0.252 e. The molecule has 2 aromatic rings. The predicted molar refractivity (Wildman–Crippen MR) is 112 cm³/mol. The molecule has 0 saturated carbocycles. The van der Waals surface area contributed by atoms with Crippen molar-refractivity contribution in [3.8, 4) is 11.5 Å². The van der Waals surface area contributed by atoms with Crippen molar-refractivity contribution >= 4 is 14.0 Å². The number of aromatic nitrogens is 2. The molecule has 0 radical (unpaired) electrons. The zero-order valence-corrected chi connectivity index (χ0v) is 17.8. The van der Waals surface area contributed by atoms with Crippen LogP contribution < -0.4 is 5.32 Å². The standard InChI is InChI=1S/C22H27N3O2Si/c1-28(2,3)13-11-17-15-20(24-25(17)21-10-6-7-12-27-21)19-14-16-8-4-5-9-18(16)22(26)23-19/h4-5,8-9,15,19,21H,6-7,10,12,14H2,1-3H3,(H,23,26). The van der Waals surface area contributed by atoms with Crippen LogP contribution in [0.15, 0.2) is 30.3 Å². The molecule has 1 fully saturated rings. The molecule has 146 valence electrons. The van der Waals surface area contributed by atoms with Crippen molar-refractivity contribution < 1.29 is 9.53 Å². The van der Waals surface area contributed by atoms with Gasteiger partial charge in [-0.1, -0.05) is 43.8 Å². The SMILES string of the molecule is C[Si](C)(C)C#Cc1cc(C2Cc3ccccc3C(=O)N2)nn1C1CCCCO1. The Morgan fingerprint density at radius 1 is 1.25 bits per heavy atom. The maximum atomic E-state index is 12.5. The lowest BCUT2D eigenvalue weighted by molar-refractivity contribution is -0.0402. The molecule has 4 rings (SSSR count). The Morgan fingerprint density at radius 2 is 2.07 bits per heavy atom. The van der Waals surface area contributed by atoms with Crippen LogP contribution in [0, 0.1) is 11.5 Å². The first-order chi connectivity index (χ1) is 13.4. The number of amides is 1. The summed E-state index contributed by atoms with van der Waals surface area (Å²) in [5.41, 5.74) is 7.01. The Bertz CT molecular complexity index is 943. The van der Waals surface area contributed by atoms with Gasteiger partial charge in [0.1, 0.15) is 13.8 Å². The molecule has 1 N–H and O–H groups in total. The van der Waals surface area contributed by atoms with Crippen molar-refractivity contribution in [2.45, 2.75) is 57.6 Å². The number of ether oxygens (including phenoxy) is 1. The van der Waals surface area contributed by atoms with Gasteiger partial charge in [0.15, 0.2) is 6.23 Å². The Labute approximate surface area is 167 Å². The number of carbonyl (C=O) groups excluding carboxylic acids is 1. The van der Waals surface area contributed by atoms with E-state index in [0.29, 0.717) is 0 Å². The van der Waals surface area contributed by atoms with Crippen molar-refractivity contribution in [3.05, 3.63) is 52.8 Å². The minimum Gasteiger partial charge on any atom is -0.356 e. The van der Waals surface area contributed by atoms with Gasteiger partial charge in [0.05, 0.1) is 11.7 Å². The van der Waals surface area contributed by atoms with Gasteiger partial charge in [0.25, 0.3) is 5.91 Å². The minimum atomic E-state index is -1.51. The normalized spacial score (nSPS) is 22.0. The molecule has 1 saturated heterocycles. The molecule has 2 atom stereocenters. The predicted octanol–water partition coefficient (Wildman–Crippen LogP) is 3.84. The Balaban J connectivity index is 1.69. The fraction of sp³-hybridized carbons (Fsp3) is 0.455. The third-order valence-electron chi connectivity index (χ3n) is 5.10. The van der Waals surface area contributed by atoms with E-state index in [2.05, 4.69) is 36.4 Å². The zero-order valence-electron chi connectivity index (χ0n) is 16.8. The first-order valence-electron chi connectivity index (χ1n) is 10.0. The molecular formula is C22H27N3O2Si. The summed E-state index contributed by atoms with van der Waals surface area (Å²) in [5.74, 6) is 3.32. The van der Waals surface area contributed by atoms with E-state index >= 15 is 0 Å². The summed E-state index contributed by atoms with van der Waals surface area (Å²) < 4.78 is 7.91. The summed E-state index contributed by atoms with van der Waals surface area (Å²) in [6.45, 7) is 7.46. The molecule has 5 nitrogen and oxygen atoms in total. The van der Waals surface area contributed by atoms with E-state index in [4.69, 9.17) is 9.84 Å². The number of carbonyl (C=O) groups is 1. The van der Waals surface area contributed by atoms with Gasteiger partial charge < -0.3 is 10.1 Å². The second-order valence-corrected chi connectivity index (χ2v) is 13.4. The Hall–Kier alpha value is -2.36. The van der Waals surface area contributed by atoms with Crippen molar-refractivity contribution in [2.75, 3.05) is 6.61 Å². The number of fused-ring (bicyclic) bond motifs is 1. The fourth-order valence-electron chi connectivity index (χ4n) is 3.67. The largest absolute Gasteiger partial charge is 0.356 e. The molecule has 0 aliphatic carbocycles. The molecule has 0 bridgehead atoms. The highest BCUT2D eigenvalue weighted by molar-refractivity contribution is 6.83. The average Bonchev–Trinajstić information content (AvgIpc) is 3.11. The second kappa shape index (κ2) is 7.57. The summed E-state index contributed by atoms with van der Waals surface area (Å²) in [4.78, 5) is 12.5. The molecule has 6 heteroatoms. The number of rotatable bonds is 2. The lowest BCUT2D eigenvalue weighted by Gasteiger charge is -2.25. The van der Waals surface area contributed by atoms with Gasteiger partial charge in [0, 0.05) is 12.2 Å². The maximum Gasteiger partial charge on any atom is 0.252 e. The summed E-state index contributed by atoms with van der Waals surface area (Å²) in [6, 6.07) is 9.67. The van der Waals surface area contributed by atoms with Crippen LogP contribution in [-0.4, -0.2) is 30.4 Å². The van der Waals surface area contributed by atoms with E-state index in [9.17, 15) is 4.79 Å². The van der Waals surface area contributed by atoms with E-state index in [0.717, 1.165) is 54.8 Å². The van der Waals surface area contributed by atoms with Crippen molar-refractivity contribution in [3.63, 3.8) is 0 Å². The van der Waals surface area contributed by atoms with E-state index < -0.39 is 8.07 Å². The van der Waals surface area contributed by atoms with Crippen LogP contribution >= 0.6 is 0 Å². The number of nitrogens with one attached hydrogen (secondary N) is 1. The highest BCUT2D eigenvalue weighted by Crippen LogP contribution is 2.29. The molecule has 0 spiro atoms. The number of hydrogen-bond acceptors (Lipinski definition) is 3. The van der Waals surface area contributed by atoms with Gasteiger partial charge in [0.2, 0.25) is 0 Å². The van der Waals surface area contributed by atoms with Gasteiger partial charge in [-0.05, 0) is 43.4 Å². The summed E-state index contributed by atoms with van der Waals surface area (Å²) >= 11 is 0. The van der Waals surface area contributed by atoms with Gasteiger partial charge in [-0.2, -0.15) is 5.10 Å². The van der Waals surface area contributed by atoms with Crippen LogP contribution in [0.5, 0.6) is 0 Å². The number of benzene rings is 1. The van der Waals surface area contributed by atoms with E-state index in [-0.39, 0.29) is 18.2 Å². The van der Waals surface area contributed by atoms with Crippen LogP contribution in [0.2, 0.25) is 19.6 Å². The summed E-state index contributed by atoms with van der Waals surface area (Å²) in [6.07, 6.45) is 3.85. The van der Waals surface area contributed by atoms with Gasteiger partial charge in [-0.3, -0.25) is 4.79 Å². The van der Waals surface area contributed by atoms with Crippen molar-refractivity contribution in [1.82, 2.24) is 15.1 Å². The topological polar surface area (TPSA) is 56.2 Å². The maximum absolute atomic E-state index is 12.5. The molecule has 1 aromatic carbocycles. The lowest BCUT2D eigenvalue weighted by atomic mass is 9.94. The fourth-order valence-corrected chi connectivity index (χ4v) is 4.17. The van der Waals surface area contributed by atoms with Gasteiger partial charge in [-0.25, -0.2) is 4.68 Å². The first kappa shape index (κ1) is 19.0. The molecule has 28 heavy (non-hydrogen) atoms. The molecule has 2 aliphatic rings. The van der Waals surface area contributed by atoms with E-state index in [1.54, 1.807) is 0 Å². The van der Waals surface area contributed by atoms with Crippen LogP contribution in [0.3, 0.4) is 0 Å². The molecular weight excluding hydrogens is 366 g/mol. The van der Waals surface area contributed by atoms with Crippen LogP contribution in [0.4, 0.5) is 0 Å². The second-order valence-electron chi connectivity index (χ2n) is 8.61. The van der Waals surface area contributed by atoms with Crippen LogP contribution in [0.25, 0.3) is 0 Å². The summed E-state index contributed by atoms with van der Waals surface area (Å²) in [5, 5.41) is 7.97. The van der Waals surface area contributed by atoms with E-state index in [1.807, 2.05) is 35.0 Å². The van der Waals surface area contributed by atoms with Crippen LogP contribution in [0.1, 0.15) is 58.8 Å². The third kappa shape index (κ3) is 4.06. The third-order valence-corrected chi connectivity index (χ3v) is 5.97. The van der Waals surface area contributed by atoms with Crippen molar-refractivity contribution in [1.29, 1.82) is 0 Å². The average molecular weight is 394 g/mol. The molecule has 2 unspecified atom stereocenters. The number of hydrogen-bond donors (Lipinski definition) is 1. The van der Waals surface area contributed by atoms with Gasteiger partial charge >= 0.3 is 0 Å². The quantitative estimate of drug-likeness (QED) is 0.623. The van der Waals surface area contributed by atoms with Crippen molar-refractivity contribution in [2.24, 2.45) is 0 Å². The molecule has 1 aromatic heterocycles. The van der Waals surface area contributed by atoms with E-state index in [1.165, 1.54) is 0 Å². The highest BCUT2D eigenvalue weighted by atomic mass is 28.3. The monoisotopic (exact) mass is 393 g/mol. The molecule has 1 amide bonds. The Kier molecular flexibility index (Phi) is 5.13. The molecule has 3 heterocycles. The molecule has 2 aliphatic heterocycles. The van der Waals surface area contributed by atoms with Crippen LogP contribution in [-0.2, 0) is 11.2 Å². The summed E-state index contributed by atoms with van der Waals surface area (Å²) in [7, 11) is -1.51. The first-order valence-corrected chi connectivity index (χ1v) is 13.5. The zero-order chi connectivity index (χ0) is 19.7. The lowest BCUT2D eigenvalue weighted by Crippen LogP contribution is -2.35. The van der Waals surface area contributed by atoms with Gasteiger partial charge in [-0.15, -0.1) is 5.54 Å². The number of nitrogens with zero attached hydrogens (tertiary/aromatic N) is 2. The highest BCUT2D eigenvalue weighted by Gasteiger charge is 2.29. The Morgan fingerprint density at radius 3 is 2.82 bits per heavy atom. The minimum absolute atomic E-state index is 0.0370.